The molecule has 0 aliphatic carbocycles. The normalized spacial score (nSPS) is 10.8. The molecule has 0 bridgehead atoms. The number of hydrogen-bond acceptors (Lipinski definition) is 0. The first-order chi connectivity index (χ1) is 7.65. The zero-order valence-corrected chi connectivity index (χ0v) is 10.5. The molecule has 0 fully saturated rings. The summed E-state index contributed by atoms with van der Waals surface area (Å²) >= 11 is 0. The summed E-state index contributed by atoms with van der Waals surface area (Å²) in [6, 6.07) is 10.9. The average Bonchev–Trinajstić information content (AvgIpc) is 2.59. The third-order valence-corrected chi connectivity index (χ3v) is 3.20. The summed E-state index contributed by atoms with van der Waals surface area (Å²) in [5.74, 6) is 0. The van der Waals surface area contributed by atoms with E-state index in [0.717, 1.165) is 6.42 Å². The Morgan fingerprint density at radius 2 is 1.56 bits per heavy atom. The second-order valence-electron chi connectivity index (χ2n) is 4.39. The number of benzene rings is 1. The Labute approximate surface area is 97.7 Å². The Hall–Kier alpha value is -1.50. The predicted octanol–water partition coefficient (Wildman–Crippen LogP) is 3.96. The van der Waals surface area contributed by atoms with E-state index in [1.54, 1.807) is 0 Å². The van der Waals surface area contributed by atoms with Gasteiger partial charge >= 0.3 is 0 Å². The molecule has 1 aromatic heterocycles. The molecule has 0 unspecified atom stereocenters. The van der Waals surface area contributed by atoms with Crippen molar-refractivity contribution in [3.63, 3.8) is 0 Å². The molecule has 0 N–H and O–H groups in total. The summed E-state index contributed by atoms with van der Waals surface area (Å²) in [4.78, 5) is 0. The van der Waals surface area contributed by atoms with Crippen LogP contribution in [-0.4, -0.2) is 4.57 Å². The lowest BCUT2D eigenvalue weighted by molar-refractivity contribution is 0.926. The van der Waals surface area contributed by atoms with E-state index in [1.807, 2.05) is 0 Å². The zero-order valence-electron chi connectivity index (χ0n) is 10.5. The van der Waals surface area contributed by atoms with Gasteiger partial charge in [-0.25, -0.2) is 0 Å². The Balaban J connectivity index is 2.72. The summed E-state index contributed by atoms with van der Waals surface area (Å²) < 4.78 is 2.36. The molecule has 0 atom stereocenters. The molecule has 0 saturated heterocycles. The van der Waals surface area contributed by atoms with E-state index >= 15 is 0 Å². The molecule has 1 heteroatoms. The van der Waals surface area contributed by atoms with Crippen LogP contribution in [0.3, 0.4) is 0 Å². The maximum absolute atomic E-state index is 2.36. The van der Waals surface area contributed by atoms with E-state index in [2.05, 4.69) is 62.6 Å². The van der Waals surface area contributed by atoms with Crippen molar-refractivity contribution >= 4 is 0 Å². The first-order valence-electron chi connectivity index (χ1n) is 5.89. The highest BCUT2D eigenvalue weighted by molar-refractivity contribution is 5.50. The lowest BCUT2D eigenvalue weighted by Gasteiger charge is -2.16. The number of aryl methyl sites for hydroxylation is 4. The number of aromatic nitrogens is 1. The van der Waals surface area contributed by atoms with Crippen LogP contribution < -0.4 is 0 Å². The van der Waals surface area contributed by atoms with Gasteiger partial charge in [0.05, 0.1) is 5.69 Å². The van der Waals surface area contributed by atoms with Gasteiger partial charge in [-0.15, -0.1) is 0 Å². The van der Waals surface area contributed by atoms with Crippen LogP contribution >= 0.6 is 0 Å². The van der Waals surface area contributed by atoms with E-state index < -0.39 is 0 Å². The summed E-state index contributed by atoms with van der Waals surface area (Å²) in [6.45, 7) is 8.73. The maximum Gasteiger partial charge on any atom is 0.0515 e. The summed E-state index contributed by atoms with van der Waals surface area (Å²) in [7, 11) is 0. The first kappa shape index (κ1) is 11.0. The minimum Gasteiger partial charge on any atom is -0.318 e. The minimum atomic E-state index is 1.08. The molecule has 1 nitrogen and oxygen atoms in total. The van der Waals surface area contributed by atoms with Gasteiger partial charge in [0.2, 0.25) is 0 Å². The van der Waals surface area contributed by atoms with E-state index in [-0.39, 0.29) is 0 Å². The Morgan fingerprint density at radius 1 is 0.938 bits per heavy atom. The largest absolute Gasteiger partial charge is 0.318 e. The molecule has 2 aromatic rings. The summed E-state index contributed by atoms with van der Waals surface area (Å²) in [6.07, 6.45) is 1.08. The predicted molar refractivity (Wildman–Crippen MR) is 69.4 cm³/mol. The highest BCUT2D eigenvalue weighted by Crippen LogP contribution is 2.24. The Kier molecular flexibility index (Phi) is 2.86. The van der Waals surface area contributed by atoms with Crippen LogP contribution in [0.1, 0.15) is 29.4 Å². The van der Waals surface area contributed by atoms with E-state index in [1.165, 1.54) is 28.2 Å². The number of hydrogen-bond donors (Lipinski definition) is 0. The molecule has 0 spiro atoms. The number of rotatable bonds is 2. The van der Waals surface area contributed by atoms with Crippen LogP contribution in [0.15, 0.2) is 30.3 Å². The molecule has 0 aliphatic heterocycles. The summed E-state index contributed by atoms with van der Waals surface area (Å²) in [5, 5.41) is 0. The highest BCUT2D eigenvalue weighted by Gasteiger charge is 2.10. The monoisotopic (exact) mass is 213 g/mol. The van der Waals surface area contributed by atoms with Gasteiger partial charge in [-0.2, -0.15) is 0 Å². The molecule has 16 heavy (non-hydrogen) atoms. The van der Waals surface area contributed by atoms with Gasteiger partial charge in [-0.05, 0) is 50.5 Å². The van der Waals surface area contributed by atoms with Crippen molar-refractivity contribution in [1.82, 2.24) is 4.57 Å². The average molecular weight is 213 g/mol. The number of nitrogens with zero attached hydrogens (tertiary/aromatic N) is 1. The molecule has 2 rings (SSSR count). The van der Waals surface area contributed by atoms with Crippen molar-refractivity contribution in [2.75, 3.05) is 0 Å². The lowest BCUT2D eigenvalue weighted by Crippen LogP contribution is -2.04. The van der Waals surface area contributed by atoms with Crippen LogP contribution in [0, 0.1) is 20.8 Å². The van der Waals surface area contributed by atoms with E-state index in [0.29, 0.717) is 0 Å². The third-order valence-electron chi connectivity index (χ3n) is 3.20. The van der Waals surface area contributed by atoms with Crippen molar-refractivity contribution in [3.05, 3.63) is 52.8 Å². The first-order valence-corrected chi connectivity index (χ1v) is 5.89. The van der Waals surface area contributed by atoms with Crippen LogP contribution in [0.5, 0.6) is 0 Å². The second-order valence-corrected chi connectivity index (χ2v) is 4.39. The van der Waals surface area contributed by atoms with Gasteiger partial charge in [0.25, 0.3) is 0 Å². The topological polar surface area (TPSA) is 4.93 Å². The van der Waals surface area contributed by atoms with Crippen molar-refractivity contribution in [2.24, 2.45) is 0 Å². The van der Waals surface area contributed by atoms with Crippen molar-refractivity contribution in [1.29, 1.82) is 0 Å². The van der Waals surface area contributed by atoms with Crippen LogP contribution in [-0.2, 0) is 6.42 Å². The zero-order chi connectivity index (χ0) is 11.7. The van der Waals surface area contributed by atoms with Gasteiger partial charge in [0.1, 0.15) is 0 Å². The van der Waals surface area contributed by atoms with Crippen LogP contribution in [0.25, 0.3) is 5.69 Å². The summed E-state index contributed by atoms with van der Waals surface area (Å²) in [5.41, 5.74) is 6.75. The quantitative estimate of drug-likeness (QED) is 0.711. The molecule has 1 heterocycles. The maximum atomic E-state index is 2.36. The Bertz CT molecular complexity index is 487. The smallest absolute Gasteiger partial charge is 0.0515 e. The van der Waals surface area contributed by atoms with Crippen LogP contribution in [0.2, 0.25) is 0 Å². The SMILES string of the molecule is CCc1cccc(C)c1-n1c(C)ccc1C. The third kappa shape index (κ3) is 1.67. The fourth-order valence-electron chi connectivity index (χ4n) is 2.35. The standard InChI is InChI=1S/C15H19N/c1-5-14-8-6-7-11(2)15(14)16-12(3)9-10-13(16)4/h6-10H,5H2,1-4H3. The molecular weight excluding hydrogens is 194 g/mol. The second kappa shape index (κ2) is 4.17. The fraction of sp³-hybridized carbons (Fsp3) is 0.333. The van der Waals surface area contributed by atoms with Crippen LogP contribution in [0.4, 0.5) is 0 Å². The molecule has 0 saturated carbocycles. The van der Waals surface area contributed by atoms with E-state index in [4.69, 9.17) is 0 Å². The number of para-hydroxylation sites is 1. The van der Waals surface area contributed by atoms with E-state index in [9.17, 15) is 0 Å². The molecule has 0 aliphatic rings. The molecule has 0 radical (unpaired) electrons. The molecular formula is C15H19N. The fourth-order valence-corrected chi connectivity index (χ4v) is 2.35. The molecule has 84 valence electrons. The van der Waals surface area contributed by atoms with Gasteiger partial charge in [-0.1, -0.05) is 25.1 Å². The Morgan fingerprint density at radius 3 is 2.12 bits per heavy atom. The van der Waals surface area contributed by atoms with Gasteiger partial charge in [-0.3, -0.25) is 0 Å². The van der Waals surface area contributed by atoms with Gasteiger partial charge in [0, 0.05) is 11.4 Å². The van der Waals surface area contributed by atoms with Crippen molar-refractivity contribution < 1.29 is 0 Å². The van der Waals surface area contributed by atoms with Crippen molar-refractivity contribution in [2.45, 2.75) is 34.1 Å². The lowest BCUT2D eigenvalue weighted by atomic mass is 10.1. The van der Waals surface area contributed by atoms with Gasteiger partial charge in [0.15, 0.2) is 0 Å². The molecule has 0 amide bonds. The molecule has 1 aromatic carbocycles. The minimum absolute atomic E-state index is 1.08. The van der Waals surface area contributed by atoms with Crippen molar-refractivity contribution in [3.8, 4) is 5.69 Å². The van der Waals surface area contributed by atoms with Gasteiger partial charge < -0.3 is 4.57 Å². The highest BCUT2D eigenvalue weighted by atomic mass is 15.0.